The van der Waals surface area contributed by atoms with Crippen LogP contribution < -0.4 is 24.8 Å². The molecule has 3 heteroatoms. The van der Waals surface area contributed by atoms with Crippen molar-refractivity contribution in [2.24, 2.45) is 0 Å². The van der Waals surface area contributed by atoms with Crippen molar-refractivity contribution in [1.82, 2.24) is 0 Å². The van der Waals surface area contributed by atoms with Crippen LogP contribution in [0.1, 0.15) is 73.6 Å². The molecule has 0 heterocycles. The number of rotatable bonds is 1. The smallest absolute Gasteiger partial charge is 0.172 e. The van der Waals surface area contributed by atoms with Gasteiger partial charge < -0.3 is 24.8 Å². The molecule has 4 aromatic rings. The Morgan fingerprint density at radius 2 is 1.38 bits per heavy atom. The second-order valence-corrected chi connectivity index (χ2v) is 13.1. The van der Waals surface area contributed by atoms with E-state index in [4.69, 9.17) is 0 Å². The van der Waals surface area contributed by atoms with Gasteiger partial charge >= 0.3 is 70.3 Å². The topological polar surface area (TPSA) is 0 Å². The monoisotopic (exact) mass is 626 g/mol. The molecular weight excluding hydrogens is 595 g/mol. The molecule has 3 aliphatic rings. The summed E-state index contributed by atoms with van der Waals surface area (Å²) >= 11 is 1.51. The molecule has 0 fully saturated rings. The fraction of sp³-hybridized carbons (Fsp3) is 0.222. The summed E-state index contributed by atoms with van der Waals surface area (Å²) in [5, 5.41) is 0. The van der Waals surface area contributed by atoms with Crippen molar-refractivity contribution >= 4 is 15.4 Å². The van der Waals surface area contributed by atoms with Gasteiger partial charge in [-0.3, -0.25) is 6.08 Å². The van der Waals surface area contributed by atoms with Crippen LogP contribution in [0.15, 0.2) is 91.0 Å². The second kappa shape index (κ2) is 12.6. The molecule has 0 spiro atoms. The maximum Gasteiger partial charge on any atom is -0.172 e. The van der Waals surface area contributed by atoms with Crippen LogP contribution in [0.3, 0.4) is 0 Å². The third-order valence-corrected chi connectivity index (χ3v) is 8.33. The minimum absolute atomic E-state index is 0. The number of hydrogen-bond acceptors (Lipinski definition) is 0. The summed E-state index contributed by atoms with van der Waals surface area (Å²) in [6, 6.07) is 30.1. The Labute approximate surface area is 261 Å². The average molecular weight is 629 g/mol. The van der Waals surface area contributed by atoms with E-state index in [1.807, 2.05) is 36.4 Å². The van der Waals surface area contributed by atoms with E-state index < -0.39 is 0 Å². The van der Waals surface area contributed by atoms with Crippen LogP contribution in [0.4, 0.5) is 0 Å². The van der Waals surface area contributed by atoms with E-state index in [9.17, 15) is 0 Å². The minimum atomic E-state index is 0. The van der Waals surface area contributed by atoms with Crippen LogP contribution in [0.2, 0.25) is 0 Å². The molecule has 0 aliphatic heterocycles. The van der Waals surface area contributed by atoms with Crippen LogP contribution in [0.25, 0.3) is 23.3 Å². The van der Waals surface area contributed by atoms with Crippen molar-refractivity contribution in [2.45, 2.75) is 51.9 Å². The number of fused-ring (bicyclic) bond motifs is 5. The molecule has 0 amide bonds. The van der Waals surface area contributed by atoms with E-state index in [0.29, 0.717) is 0 Å². The molecule has 0 saturated carbocycles. The van der Waals surface area contributed by atoms with Crippen LogP contribution in [0.5, 0.6) is 0 Å². The van der Waals surface area contributed by atoms with Gasteiger partial charge in [0, 0.05) is 5.41 Å². The Morgan fingerprint density at radius 3 is 1.92 bits per heavy atom. The predicted octanol–water partition coefficient (Wildman–Crippen LogP) is 2.86. The van der Waals surface area contributed by atoms with Gasteiger partial charge in [0.15, 0.2) is 0 Å². The van der Waals surface area contributed by atoms with Crippen molar-refractivity contribution in [3.63, 3.8) is 0 Å². The van der Waals surface area contributed by atoms with Gasteiger partial charge in [0.05, 0.1) is 0 Å². The normalized spacial score (nSPS) is 15.2. The summed E-state index contributed by atoms with van der Waals surface area (Å²) in [6.07, 6.45) is 11.4. The molecular formula is C36H34Cl2Zr-2. The van der Waals surface area contributed by atoms with Crippen LogP contribution in [-0.4, -0.2) is 3.21 Å². The molecule has 0 radical (unpaired) electrons. The molecule has 39 heavy (non-hydrogen) atoms. The molecule has 0 nitrogen and oxygen atoms in total. The third kappa shape index (κ3) is 6.60. The van der Waals surface area contributed by atoms with E-state index >= 15 is 0 Å². The van der Waals surface area contributed by atoms with Crippen molar-refractivity contribution in [3.05, 3.63) is 136 Å². The van der Waals surface area contributed by atoms with Gasteiger partial charge in [0.2, 0.25) is 0 Å². The van der Waals surface area contributed by atoms with Gasteiger partial charge in [0.1, 0.15) is 0 Å². The molecule has 0 unspecified atom stereocenters. The number of benzene rings is 3. The Bertz CT molecular complexity index is 1410. The Hall–Kier alpha value is -2.18. The molecule has 4 aromatic carbocycles. The first-order chi connectivity index (χ1) is 17.7. The third-order valence-electron chi connectivity index (χ3n) is 7.62. The van der Waals surface area contributed by atoms with Crippen molar-refractivity contribution < 1.29 is 49.0 Å². The first-order valence-electron chi connectivity index (χ1n) is 13.1. The van der Waals surface area contributed by atoms with Crippen LogP contribution >= 0.6 is 0 Å². The number of allylic oxidation sites excluding steroid dienone is 2. The average Bonchev–Trinajstić information content (AvgIpc) is 3.67. The van der Waals surface area contributed by atoms with Gasteiger partial charge in [-0.1, -0.05) is 57.4 Å². The van der Waals surface area contributed by atoms with Crippen molar-refractivity contribution in [3.8, 4) is 11.1 Å². The van der Waals surface area contributed by atoms with Gasteiger partial charge in [-0.15, -0.1) is 11.6 Å². The molecule has 3 aliphatic carbocycles. The SMILES string of the molecule is CC1(C)[C-]=Cc2cc3c(cc21)Cc1cc2c(cc1-3)C=CC2(C)C.C[C](=[Zr+2])c1ccccc1.[Cl-].[Cl-].c1cc[cH-]c1. The van der Waals surface area contributed by atoms with Crippen LogP contribution in [0, 0.1) is 6.08 Å². The van der Waals surface area contributed by atoms with Gasteiger partial charge in [-0.2, -0.15) is 23.8 Å². The van der Waals surface area contributed by atoms with Gasteiger partial charge in [0.25, 0.3) is 0 Å². The second-order valence-electron chi connectivity index (χ2n) is 11.3. The fourth-order valence-electron chi connectivity index (χ4n) is 5.41. The summed E-state index contributed by atoms with van der Waals surface area (Å²) in [5.74, 6) is 0. The van der Waals surface area contributed by atoms with Gasteiger partial charge in [-0.25, -0.2) is 18.2 Å². The van der Waals surface area contributed by atoms with Crippen molar-refractivity contribution in [2.75, 3.05) is 0 Å². The summed E-state index contributed by atoms with van der Waals surface area (Å²) in [6.45, 7) is 11.3. The van der Waals surface area contributed by atoms with Crippen LogP contribution in [-0.2, 0) is 41.5 Å². The molecule has 0 bridgehead atoms. The molecule has 7 rings (SSSR count). The maximum atomic E-state index is 3.50. The Balaban J connectivity index is 0.000000219. The zero-order valence-electron chi connectivity index (χ0n) is 23.3. The molecule has 0 aromatic heterocycles. The zero-order chi connectivity index (χ0) is 26.2. The quantitative estimate of drug-likeness (QED) is 0.251. The van der Waals surface area contributed by atoms with E-state index in [1.165, 1.54) is 77.5 Å². The van der Waals surface area contributed by atoms with E-state index in [0.717, 1.165) is 6.42 Å². The largest absolute Gasteiger partial charge is 1.00 e. The molecule has 0 N–H and O–H groups in total. The van der Waals surface area contributed by atoms with E-state index in [2.05, 4.69) is 107 Å². The molecule has 0 saturated heterocycles. The Morgan fingerprint density at radius 1 is 0.795 bits per heavy atom. The first kappa shape index (κ1) is 31.4. The summed E-state index contributed by atoms with van der Waals surface area (Å²) in [4.78, 5) is 0. The number of hydrogen-bond donors (Lipinski definition) is 0. The number of halogens is 2. The summed E-state index contributed by atoms with van der Waals surface area (Å²) in [7, 11) is 0. The molecule has 198 valence electrons. The summed E-state index contributed by atoms with van der Waals surface area (Å²) in [5.41, 5.74) is 13.1. The van der Waals surface area contributed by atoms with Crippen molar-refractivity contribution in [1.29, 1.82) is 0 Å². The molecule has 0 atom stereocenters. The standard InChI is InChI=1S/C23H21.C8H8.C5H5.2ClH.Zr/c1-22(2)7-5-14-10-18-16(12-20(14)22)9-17-13-21-15(11-19(17)18)6-8-23(21,3)4;1-2-8-6-4-3-5-7-8;1-2-4-5-3-1;;;/h5-7,10-13H,9H2,1-4H3;3-7H,1H3;1-5H;2*1H;/q-1;;-1;;;+2/p-2. The summed E-state index contributed by atoms with van der Waals surface area (Å²) < 4.78 is 1.46. The first-order valence-corrected chi connectivity index (χ1v) is 14.3. The maximum absolute atomic E-state index is 3.50. The fourth-order valence-corrected chi connectivity index (χ4v) is 5.82. The van der Waals surface area contributed by atoms with Gasteiger partial charge in [-0.05, 0) is 45.9 Å². The zero-order valence-corrected chi connectivity index (χ0v) is 27.2. The Kier molecular flexibility index (Phi) is 10.1. The predicted molar refractivity (Wildman–Crippen MR) is 156 cm³/mol. The van der Waals surface area contributed by atoms with E-state index in [1.54, 1.807) is 0 Å². The van der Waals surface area contributed by atoms with E-state index in [-0.39, 0.29) is 35.6 Å². The minimum Gasteiger partial charge on any atom is -1.00 e.